The summed E-state index contributed by atoms with van der Waals surface area (Å²) in [5.41, 5.74) is -0.0698. The maximum absolute atomic E-state index is 12.3. The van der Waals surface area contributed by atoms with Crippen molar-refractivity contribution in [2.75, 3.05) is 13.1 Å². The Labute approximate surface area is 125 Å². The van der Waals surface area contributed by atoms with Gasteiger partial charge in [-0.15, -0.1) is 0 Å². The average molecular weight is 342 g/mol. The molecule has 1 aromatic rings. The second kappa shape index (κ2) is 5.88. The number of nitrogens with one attached hydrogen (secondary N) is 2. The van der Waals surface area contributed by atoms with Crippen molar-refractivity contribution in [3.05, 3.63) is 38.3 Å². The Morgan fingerprint density at radius 3 is 2.70 bits per heavy atom. The van der Waals surface area contributed by atoms with E-state index in [9.17, 15) is 14.9 Å². The van der Waals surface area contributed by atoms with Crippen LogP contribution in [-0.2, 0) is 0 Å². The molecule has 0 bridgehead atoms. The van der Waals surface area contributed by atoms with E-state index in [-0.39, 0.29) is 17.1 Å². The van der Waals surface area contributed by atoms with Crippen LogP contribution in [0.2, 0.25) is 0 Å². The van der Waals surface area contributed by atoms with E-state index >= 15 is 0 Å². The Balaban J connectivity index is 2.20. The Morgan fingerprint density at radius 1 is 1.45 bits per heavy atom. The van der Waals surface area contributed by atoms with E-state index in [0.29, 0.717) is 10.0 Å². The second-order valence-electron chi connectivity index (χ2n) is 5.19. The van der Waals surface area contributed by atoms with Gasteiger partial charge < -0.3 is 10.6 Å². The van der Waals surface area contributed by atoms with E-state index in [1.165, 1.54) is 18.2 Å². The highest BCUT2D eigenvalue weighted by Crippen LogP contribution is 2.24. The van der Waals surface area contributed by atoms with Gasteiger partial charge in [-0.05, 0) is 54.9 Å². The summed E-state index contributed by atoms with van der Waals surface area (Å²) >= 11 is 3.27. The van der Waals surface area contributed by atoms with Crippen molar-refractivity contribution in [3.63, 3.8) is 0 Å². The molecule has 0 unspecified atom stereocenters. The molecule has 0 aromatic heterocycles. The van der Waals surface area contributed by atoms with Crippen LogP contribution in [0.5, 0.6) is 0 Å². The molecule has 0 saturated carbocycles. The lowest BCUT2D eigenvalue weighted by Gasteiger charge is -2.35. The van der Waals surface area contributed by atoms with Crippen molar-refractivity contribution in [3.8, 4) is 0 Å². The lowest BCUT2D eigenvalue weighted by molar-refractivity contribution is -0.384. The monoisotopic (exact) mass is 341 g/mol. The van der Waals surface area contributed by atoms with Gasteiger partial charge in [-0.2, -0.15) is 0 Å². The lowest BCUT2D eigenvalue weighted by Crippen LogP contribution is -2.52. The molecule has 1 heterocycles. The topological polar surface area (TPSA) is 84.3 Å². The molecule has 1 fully saturated rings. The minimum atomic E-state index is -0.505. The summed E-state index contributed by atoms with van der Waals surface area (Å²) in [5, 5.41) is 17.0. The third-order valence-electron chi connectivity index (χ3n) is 3.53. The van der Waals surface area contributed by atoms with Crippen molar-refractivity contribution < 1.29 is 9.72 Å². The predicted octanol–water partition coefficient (Wildman–Crippen LogP) is 2.23. The van der Waals surface area contributed by atoms with Gasteiger partial charge in [-0.3, -0.25) is 14.9 Å². The maximum Gasteiger partial charge on any atom is 0.270 e. The Bertz CT molecular complexity index is 542. The summed E-state index contributed by atoms with van der Waals surface area (Å²) in [5.74, 6) is -0.287. The number of halogens is 1. The minimum Gasteiger partial charge on any atom is -0.347 e. The molecule has 1 aromatic carbocycles. The largest absolute Gasteiger partial charge is 0.347 e. The first-order valence-electron chi connectivity index (χ1n) is 6.38. The third-order valence-corrected chi connectivity index (χ3v) is 4.22. The van der Waals surface area contributed by atoms with E-state index in [2.05, 4.69) is 26.6 Å². The van der Waals surface area contributed by atoms with Crippen molar-refractivity contribution in [2.24, 2.45) is 0 Å². The molecule has 1 aliphatic rings. The fraction of sp³-hybridized carbons (Fsp3) is 0.462. The molecule has 2 rings (SSSR count). The van der Waals surface area contributed by atoms with Crippen molar-refractivity contribution in [1.29, 1.82) is 0 Å². The first kappa shape index (κ1) is 14.9. The molecule has 0 spiro atoms. The number of nitro benzene ring substituents is 1. The number of amides is 1. The molecular weight excluding hydrogens is 326 g/mol. The van der Waals surface area contributed by atoms with E-state index in [0.717, 1.165) is 25.9 Å². The number of nitrogens with zero attached hydrogens (tertiary/aromatic N) is 1. The van der Waals surface area contributed by atoms with Crippen LogP contribution in [0.25, 0.3) is 0 Å². The molecule has 1 aliphatic heterocycles. The molecule has 2 N–H and O–H groups in total. The molecule has 1 amide bonds. The third kappa shape index (κ3) is 3.34. The molecule has 0 atom stereocenters. The molecule has 1 saturated heterocycles. The quantitative estimate of drug-likeness (QED) is 0.652. The van der Waals surface area contributed by atoms with E-state index < -0.39 is 4.92 Å². The van der Waals surface area contributed by atoms with Crippen LogP contribution in [0, 0.1) is 10.1 Å². The molecule has 20 heavy (non-hydrogen) atoms. The maximum atomic E-state index is 12.3. The summed E-state index contributed by atoms with van der Waals surface area (Å²) < 4.78 is 0.554. The predicted molar refractivity (Wildman–Crippen MR) is 78.8 cm³/mol. The smallest absolute Gasteiger partial charge is 0.270 e. The fourth-order valence-corrected chi connectivity index (χ4v) is 2.67. The first-order chi connectivity index (χ1) is 9.41. The summed E-state index contributed by atoms with van der Waals surface area (Å²) in [6, 6.07) is 4.19. The number of non-ortho nitro benzene ring substituents is 1. The van der Waals surface area contributed by atoms with E-state index in [1.54, 1.807) is 0 Å². The minimum absolute atomic E-state index is 0.0891. The van der Waals surface area contributed by atoms with Crippen molar-refractivity contribution >= 4 is 27.5 Å². The van der Waals surface area contributed by atoms with E-state index in [4.69, 9.17) is 0 Å². The first-order valence-corrected chi connectivity index (χ1v) is 7.18. The second-order valence-corrected chi connectivity index (χ2v) is 6.04. The van der Waals surface area contributed by atoms with Crippen LogP contribution in [0.15, 0.2) is 22.7 Å². The standard InChI is InChI=1S/C13H16BrN3O3/c1-13(4-6-15-7-5-13)16-12(18)10-8-9(17(19)20)2-3-11(10)14/h2-3,8,15H,4-7H2,1H3,(H,16,18). The van der Waals surface area contributed by atoms with Crippen LogP contribution >= 0.6 is 15.9 Å². The molecule has 6 nitrogen and oxygen atoms in total. The van der Waals surface area contributed by atoms with Crippen LogP contribution in [0.3, 0.4) is 0 Å². The average Bonchev–Trinajstić information content (AvgIpc) is 2.39. The van der Waals surface area contributed by atoms with Crippen LogP contribution < -0.4 is 10.6 Å². The summed E-state index contributed by atoms with van der Waals surface area (Å²) in [4.78, 5) is 22.6. The zero-order valence-corrected chi connectivity index (χ0v) is 12.7. The number of carbonyl (C=O) groups excluding carboxylic acids is 1. The van der Waals surface area contributed by atoms with Crippen molar-refractivity contribution in [1.82, 2.24) is 10.6 Å². The zero-order valence-electron chi connectivity index (χ0n) is 11.1. The number of carbonyl (C=O) groups is 1. The number of hydrogen-bond donors (Lipinski definition) is 2. The Hall–Kier alpha value is -1.47. The van der Waals surface area contributed by atoms with Crippen molar-refractivity contribution in [2.45, 2.75) is 25.3 Å². The SMILES string of the molecule is CC1(NC(=O)c2cc([N+](=O)[O-])ccc2Br)CCNCC1. The zero-order chi connectivity index (χ0) is 14.8. The lowest BCUT2D eigenvalue weighted by atomic mass is 9.90. The summed E-state index contributed by atoms with van der Waals surface area (Å²) in [6.07, 6.45) is 1.68. The van der Waals surface area contributed by atoms with Crippen LogP contribution in [0.4, 0.5) is 5.69 Å². The van der Waals surface area contributed by atoms with Gasteiger partial charge in [0.25, 0.3) is 11.6 Å². The number of piperidine rings is 1. The van der Waals surface area contributed by atoms with Gasteiger partial charge in [0.15, 0.2) is 0 Å². The molecule has 7 heteroatoms. The number of nitro groups is 1. The summed E-state index contributed by atoms with van der Waals surface area (Å²) in [6.45, 7) is 3.71. The van der Waals surface area contributed by atoms with Gasteiger partial charge in [0, 0.05) is 22.1 Å². The van der Waals surface area contributed by atoms with Gasteiger partial charge >= 0.3 is 0 Å². The number of hydrogen-bond acceptors (Lipinski definition) is 4. The molecule has 0 radical (unpaired) electrons. The highest BCUT2D eigenvalue weighted by Gasteiger charge is 2.29. The van der Waals surface area contributed by atoms with Crippen LogP contribution in [-0.4, -0.2) is 29.5 Å². The fourth-order valence-electron chi connectivity index (χ4n) is 2.25. The van der Waals surface area contributed by atoms with Gasteiger partial charge in [0.1, 0.15) is 0 Å². The normalized spacial score (nSPS) is 17.5. The van der Waals surface area contributed by atoms with Crippen LogP contribution in [0.1, 0.15) is 30.1 Å². The summed E-state index contributed by atoms with van der Waals surface area (Å²) in [7, 11) is 0. The molecule has 108 valence electrons. The molecule has 0 aliphatic carbocycles. The van der Waals surface area contributed by atoms with Gasteiger partial charge in [-0.1, -0.05) is 0 Å². The highest BCUT2D eigenvalue weighted by molar-refractivity contribution is 9.10. The van der Waals surface area contributed by atoms with Gasteiger partial charge in [0.2, 0.25) is 0 Å². The number of rotatable bonds is 3. The molecular formula is C13H16BrN3O3. The van der Waals surface area contributed by atoms with Gasteiger partial charge in [0.05, 0.1) is 10.5 Å². The van der Waals surface area contributed by atoms with E-state index in [1.807, 2.05) is 6.92 Å². The Morgan fingerprint density at radius 2 is 2.10 bits per heavy atom. The highest BCUT2D eigenvalue weighted by atomic mass is 79.9. The Kier molecular flexibility index (Phi) is 4.39. The van der Waals surface area contributed by atoms with Gasteiger partial charge in [-0.25, -0.2) is 0 Å². The number of benzene rings is 1.